The molecule has 1 saturated heterocycles. The van der Waals surface area contributed by atoms with Gasteiger partial charge >= 0.3 is 0 Å². The molecule has 1 rings (SSSR count). The largest absolute Gasteiger partial charge is 0.616 e. The fraction of sp³-hybridized carbons (Fsp3) is 1.00. The van der Waals surface area contributed by atoms with Crippen molar-refractivity contribution >= 4 is 11.2 Å². The minimum atomic E-state index is -0.496. The first-order chi connectivity index (χ1) is 5.00. The lowest BCUT2D eigenvalue weighted by molar-refractivity contribution is 0.222. The molecule has 0 radical (unpaired) electrons. The Morgan fingerprint density at radius 2 is 1.64 bits per heavy atom. The van der Waals surface area contributed by atoms with Crippen molar-refractivity contribution in [1.29, 1.82) is 0 Å². The molecule has 0 bridgehead atoms. The quantitative estimate of drug-likeness (QED) is 0.516. The Labute approximate surface area is 72.7 Å². The molecule has 0 unspecified atom stereocenters. The van der Waals surface area contributed by atoms with E-state index in [1.165, 1.54) is 0 Å². The van der Waals surface area contributed by atoms with E-state index in [9.17, 15) is 4.55 Å². The lowest BCUT2D eigenvalue weighted by Crippen LogP contribution is -2.31. The van der Waals surface area contributed by atoms with Crippen LogP contribution in [0, 0.1) is 11.3 Å². The van der Waals surface area contributed by atoms with E-state index in [1.54, 1.807) is 0 Å². The maximum atomic E-state index is 11.0. The van der Waals surface area contributed by atoms with Crippen molar-refractivity contribution < 1.29 is 4.55 Å². The molecule has 1 heterocycles. The molecule has 1 nitrogen and oxygen atoms in total. The number of hydrogen-bond donors (Lipinski definition) is 0. The monoisotopic (exact) mass is 174 g/mol. The van der Waals surface area contributed by atoms with Crippen molar-refractivity contribution in [3.05, 3.63) is 0 Å². The Hall–Kier alpha value is 0.310. The summed E-state index contributed by atoms with van der Waals surface area (Å²) in [6.45, 7) is 6.85. The topological polar surface area (TPSA) is 23.1 Å². The molecule has 66 valence electrons. The van der Waals surface area contributed by atoms with E-state index in [2.05, 4.69) is 20.8 Å². The summed E-state index contributed by atoms with van der Waals surface area (Å²) < 4.78 is 11.0. The minimum Gasteiger partial charge on any atom is -0.616 e. The van der Waals surface area contributed by atoms with E-state index in [0.29, 0.717) is 5.41 Å². The lowest BCUT2D eigenvalue weighted by Gasteiger charge is -2.34. The summed E-state index contributed by atoms with van der Waals surface area (Å²) in [4.78, 5) is 0. The normalized spacial score (nSPS) is 33.8. The fourth-order valence-electron chi connectivity index (χ4n) is 1.66. The van der Waals surface area contributed by atoms with E-state index in [1.807, 2.05) is 0 Å². The zero-order valence-electron chi connectivity index (χ0n) is 7.72. The van der Waals surface area contributed by atoms with E-state index in [-0.39, 0.29) is 0 Å². The van der Waals surface area contributed by atoms with Gasteiger partial charge in [-0.25, -0.2) is 0 Å². The highest BCUT2D eigenvalue weighted by molar-refractivity contribution is 7.91. The average molecular weight is 174 g/mol. The second-order valence-electron chi connectivity index (χ2n) is 4.49. The molecule has 0 aliphatic carbocycles. The third-order valence-corrected chi connectivity index (χ3v) is 3.99. The van der Waals surface area contributed by atoms with Gasteiger partial charge in [0.2, 0.25) is 0 Å². The van der Waals surface area contributed by atoms with Gasteiger partial charge in [0.1, 0.15) is 11.5 Å². The molecule has 1 aliphatic heterocycles. The minimum absolute atomic E-state index is 0.421. The van der Waals surface area contributed by atoms with Crippen LogP contribution in [0.1, 0.15) is 33.6 Å². The van der Waals surface area contributed by atoms with Crippen LogP contribution in [-0.2, 0) is 11.2 Å². The molecule has 0 spiro atoms. The third kappa shape index (κ3) is 2.68. The predicted molar refractivity (Wildman–Crippen MR) is 50.1 cm³/mol. The van der Waals surface area contributed by atoms with Crippen molar-refractivity contribution in [3.8, 4) is 0 Å². The van der Waals surface area contributed by atoms with Gasteiger partial charge < -0.3 is 4.55 Å². The summed E-state index contributed by atoms with van der Waals surface area (Å²) in [7, 11) is 0. The Kier molecular flexibility index (Phi) is 2.87. The molecular formula is C9H18OS. The van der Waals surface area contributed by atoms with Crippen LogP contribution in [0.5, 0.6) is 0 Å². The summed E-state index contributed by atoms with van der Waals surface area (Å²) in [5, 5.41) is 0. The first-order valence-electron chi connectivity index (χ1n) is 4.35. The molecule has 1 fully saturated rings. The van der Waals surface area contributed by atoms with Crippen LogP contribution in [0.3, 0.4) is 0 Å². The van der Waals surface area contributed by atoms with Crippen molar-refractivity contribution in [2.24, 2.45) is 11.3 Å². The molecule has 0 N–H and O–H groups in total. The van der Waals surface area contributed by atoms with E-state index < -0.39 is 11.2 Å². The van der Waals surface area contributed by atoms with Gasteiger partial charge in [0.25, 0.3) is 0 Å². The van der Waals surface area contributed by atoms with E-state index in [0.717, 1.165) is 30.3 Å². The fourth-order valence-corrected chi connectivity index (χ4v) is 2.96. The molecule has 1 aliphatic rings. The van der Waals surface area contributed by atoms with Crippen LogP contribution in [0.25, 0.3) is 0 Å². The van der Waals surface area contributed by atoms with E-state index in [4.69, 9.17) is 0 Å². The van der Waals surface area contributed by atoms with Crippen molar-refractivity contribution in [2.45, 2.75) is 33.6 Å². The SMILES string of the molecule is CC(C)(C)C1CC[S+]([O-])CC1. The van der Waals surface area contributed by atoms with Gasteiger partial charge in [0, 0.05) is 0 Å². The molecule has 0 aromatic heterocycles. The van der Waals surface area contributed by atoms with Crippen LogP contribution in [-0.4, -0.2) is 16.1 Å². The zero-order chi connectivity index (χ0) is 8.48. The molecule has 2 heteroatoms. The third-order valence-electron chi connectivity index (χ3n) is 2.61. The summed E-state index contributed by atoms with van der Waals surface area (Å²) in [5.41, 5.74) is 0.421. The van der Waals surface area contributed by atoms with Gasteiger partial charge in [0.15, 0.2) is 0 Å². The lowest BCUT2D eigenvalue weighted by atomic mass is 9.77. The highest BCUT2D eigenvalue weighted by Gasteiger charge is 2.30. The van der Waals surface area contributed by atoms with Crippen LogP contribution in [0.4, 0.5) is 0 Å². The van der Waals surface area contributed by atoms with Crippen LogP contribution >= 0.6 is 0 Å². The molecule has 0 atom stereocenters. The Balaban J connectivity index is 2.39. The highest BCUT2D eigenvalue weighted by Crippen LogP contribution is 2.34. The van der Waals surface area contributed by atoms with Gasteiger partial charge in [-0.2, -0.15) is 0 Å². The standard InChI is InChI=1S/C9H18OS/c1-9(2,3)8-4-6-11(10)7-5-8/h8H,4-7H2,1-3H3. The van der Waals surface area contributed by atoms with E-state index >= 15 is 0 Å². The van der Waals surface area contributed by atoms with Crippen molar-refractivity contribution in [1.82, 2.24) is 0 Å². The Bertz CT molecular complexity index is 120. The molecule has 0 amide bonds. The zero-order valence-corrected chi connectivity index (χ0v) is 8.54. The average Bonchev–Trinajstić information content (AvgIpc) is 1.86. The summed E-state index contributed by atoms with van der Waals surface area (Å²) in [5.74, 6) is 2.66. The smallest absolute Gasteiger partial charge is 0.105 e. The maximum absolute atomic E-state index is 11.0. The second-order valence-corrected chi connectivity index (χ2v) is 6.18. The Morgan fingerprint density at radius 1 is 1.18 bits per heavy atom. The van der Waals surface area contributed by atoms with Crippen LogP contribution in [0.15, 0.2) is 0 Å². The van der Waals surface area contributed by atoms with Crippen molar-refractivity contribution in [3.63, 3.8) is 0 Å². The summed E-state index contributed by atoms with van der Waals surface area (Å²) in [6, 6.07) is 0. The highest BCUT2D eigenvalue weighted by atomic mass is 32.2. The molecule has 0 aromatic rings. The first kappa shape index (κ1) is 9.40. The molecule has 0 saturated carbocycles. The second kappa shape index (κ2) is 3.36. The summed E-state index contributed by atoms with van der Waals surface area (Å²) in [6.07, 6.45) is 2.33. The maximum Gasteiger partial charge on any atom is 0.105 e. The molecule has 0 aromatic carbocycles. The van der Waals surface area contributed by atoms with Gasteiger partial charge in [-0.15, -0.1) is 0 Å². The van der Waals surface area contributed by atoms with Crippen molar-refractivity contribution in [2.75, 3.05) is 11.5 Å². The summed E-state index contributed by atoms with van der Waals surface area (Å²) >= 11 is -0.496. The van der Waals surface area contributed by atoms with Gasteiger partial charge in [0.05, 0.1) is 0 Å². The molecule has 11 heavy (non-hydrogen) atoms. The van der Waals surface area contributed by atoms with Gasteiger partial charge in [-0.3, -0.25) is 0 Å². The number of hydrogen-bond acceptors (Lipinski definition) is 1. The first-order valence-corrected chi connectivity index (χ1v) is 5.84. The predicted octanol–water partition coefficient (Wildman–Crippen LogP) is 2.19. The Morgan fingerprint density at radius 3 is 2.00 bits per heavy atom. The molecular weight excluding hydrogens is 156 g/mol. The number of rotatable bonds is 0. The van der Waals surface area contributed by atoms with Crippen LogP contribution < -0.4 is 0 Å². The van der Waals surface area contributed by atoms with Gasteiger partial charge in [-0.05, 0) is 24.2 Å². The van der Waals surface area contributed by atoms with Crippen LogP contribution in [0.2, 0.25) is 0 Å². The van der Waals surface area contributed by atoms with Gasteiger partial charge in [-0.1, -0.05) is 31.9 Å².